The smallest absolute Gasteiger partial charge is 0.315 e. The molecule has 3 N–H and O–H groups in total. The van der Waals surface area contributed by atoms with Crippen molar-refractivity contribution in [3.8, 4) is 0 Å². The lowest BCUT2D eigenvalue weighted by Gasteiger charge is -2.12. The molecule has 0 spiro atoms. The molecule has 2 amide bonds. The molecule has 0 aliphatic carbocycles. The van der Waals surface area contributed by atoms with Crippen molar-refractivity contribution in [1.82, 2.24) is 10.6 Å². The van der Waals surface area contributed by atoms with E-state index in [-0.39, 0.29) is 12.6 Å². The van der Waals surface area contributed by atoms with Crippen LogP contribution in [0.4, 0.5) is 4.79 Å². The van der Waals surface area contributed by atoms with E-state index < -0.39 is 6.10 Å². The molecule has 6 heteroatoms. The molecule has 1 heterocycles. The molecule has 20 heavy (non-hydrogen) atoms. The van der Waals surface area contributed by atoms with Gasteiger partial charge in [0.05, 0.1) is 17.0 Å². The number of halogens is 1. The Morgan fingerprint density at radius 1 is 1.20 bits per heavy atom. The van der Waals surface area contributed by atoms with Crippen LogP contribution in [0.25, 0.3) is 0 Å². The summed E-state index contributed by atoms with van der Waals surface area (Å²) in [5, 5.41) is 15.2. The summed E-state index contributed by atoms with van der Waals surface area (Å²) < 4.78 is 0.696. The molecular weight excluding hydrogens is 296 g/mol. The summed E-state index contributed by atoms with van der Waals surface area (Å²) in [6.07, 6.45) is -0.710. The summed E-state index contributed by atoms with van der Waals surface area (Å²) >= 11 is 7.23. The zero-order chi connectivity index (χ0) is 14.4. The molecule has 0 fully saturated rings. The average molecular weight is 311 g/mol. The zero-order valence-electron chi connectivity index (χ0n) is 10.7. The molecule has 1 aromatic carbocycles. The van der Waals surface area contributed by atoms with Gasteiger partial charge < -0.3 is 15.7 Å². The highest BCUT2D eigenvalue weighted by atomic mass is 35.5. The van der Waals surface area contributed by atoms with Gasteiger partial charge >= 0.3 is 6.03 Å². The number of aliphatic hydroxyl groups is 1. The molecule has 0 aliphatic heterocycles. The molecule has 0 aliphatic rings. The van der Waals surface area contributed by atoms with Crippen LogP contribution in [0.15, 0.2) is 42.5 Å². The predicted octanol–water partition coefficient (Wildman–Crippen LogP) is 2.93. The second-order valence-electron chi connectivity index (χ2n) is 4.20. The van der Waals surface area contributed by atoms with Crippen LogP contribution in [-0.2, 0) is 6.54 Å². The molecule has 1 atom stereocenters. The van der Waals surface area contributed by atoms with Crippen LogP contribution in [0, 0.1) is 0 Å². The van der Waals surface area contributed by atoms with Crippen LogP contribution < -0.4 is 10.6 Å². The maximum Gasteiger partial charge on any atom is 0.315 e. The highest BCUT2D eigenvalue weighted by Gasteiger charge is 2.08. The van der Waals surface area contributed by atoms with Crippen molar-refractivity contribution >= 4 is 29.0 Å². The summed E-state index contributed by atoms with van der Waals surface area (Å²) in [6.45, 7) is 0.589. The van der Waals surface area contributed by atoms with Gasteiger partial charge in [-0.2, -0.15) is 0 Å². The molecule has 0 radical (unpaired) electrons. The Kier molecular flexibility index (Phi) is 5.40. The third kappa shape index (κ3) is 4.52. The van der Waals surface area contributed by atoms with Crippen molar-refractivity contribution in [2.75, 3.05) is 6.54 Å². The van der Waals surface area contributed by atoms with E-state index in [2.05, 4.69) is 10.6 Å². The van der Waals surface area contributed by atoms with Crippen molar-refractivity contribution in [2.24, 2.45) is 0 Å². The number of hydrogen-bond donors (Lipinski definition) is 3. The second-order valence-corrected chi connectivity index (χ2v) is 6.00. The first kappa shape index (κ1) is 14.8. The van der Waals surface area contributed by atoms with Crippen molar-refractivity contribution in [3.05, 3.63) is 57.2 Å². The molecule has 2 aromatic rings. The minimum atomic E-state index is -0.710. The first-order chi connectivity index (χ1) is 9.65. The molecule has 0 saturated heterocycles. The number of nitrogens with one attached hydrogen (secondary N) is 2. The van der Waals surface area contributed by atoms with E-state index in [1.807, 2.05) is 36.4 Å². The molecule has 2 rings (SSSR count). The number of hydrogen-bond acceptors (Lipinski definition) is 3. The van der Waals surface area contributed by atoms with E-state index in [0.717, 1.165) is 10.4 Å². The zero-order valence-corrected chi connectivity index (χ0v) is 12.2. The maximum absolute atomic E-state index is 11.6. The van der Waals surface area contributed by atoms with Crippen LogP contribution in [0.5, 0.6) is 0 Å². The summed E-state index contributed by atoms with van der Waals surface area (Å²) in [6, 6.07) is 12.5. The number of carbonyl (C=O) groups excluding carboxylic acids is 1. The maximum atomic E-state index is 11.6. The van der Waals surface area contributed by atoms with Crippen molar-refractivity contribution in [2.45, 2.75) is 12.6 Å². The molecule has 106 valence electrons. The molecule has 0 saturated carbocycles. The minimum absolute atomic E-state index is 0.168. The van der Waals surface area contributed by atoms with E-state index in [0.29, 0.717) is 10.9 Å². The lowest BCUT2D eigenvalue weighted by molar-refractivity contribution is 0.173. The quantitative estimate of drug-likeness (QED) is 0.795. The molecule has 0 unspecified atom stereocenters. The normalized spacial score (nSPS) is 11.9. The van der Waals surface area contributed by atoms with E-state index >= 15 is 0 Å². The number of urea groups is 1. The Hall–Kier alpha value is -1.56. The Morgan fingerprint density at radius 2 is 1.95 bits per heavy atom. The van der Waals surface area contributed by atoms with Crippen LogP contribution in [-0.4, -0.2) is 17.7 Å². The summed E-state index contributed by atoms with van der Waals surface area (Å²) in [4.78, 5) is 12.6. The Bertz CT molecular complexity index is 559. The molecular formula is C14H15ClN2O2S. The predicted molar refractivity (Wildman–Crippen MR) is 81.0 cm³/mol. The fraction of sp³-hybridized carbons (Fsp3) is 0.214. The molecule has 0 bridgehead atoms. The Balaban J connectivity index is 1.72. The summed E-state index contributed by atoms with van der Waals surface area (Å²) in [5.74, 6) is 0. The van der Waals surface area contributed by atoms with Gasteiger partial charge in [0.25, 0.3) is 0 Å². The fourth-order valence-electron chi connectivity index (χ4n) is 1.66. The van der Waals surface area contributed by atoms with Gasteiger partial charge in [-0.15, -0.1) is 11.3 Å². The average Bonchev–Trinajstić information content (AvgIpc) is 2.89. The molecule has 4 nitrogen and oxygen atoms in total. The number of benzene rings is 1. The van der Waals surface area contributed by atoms with Crippen molar-refractivity contribution < 1.29 is 9.90 Å². The van der Waals surface area contributed by atoms with Gasteiger partial charge in [0.1, 0.15) is 0 Å². The van der Waals surface area contributed by atoms with Crippen LogP contribution >= 0.6 is 22.9 Å². The first-order valence-electron chi connectivity index (χ1n) is 6.14. The third-order valence-electron chi connectivity index (χ3n) is 2.69. The van der Waals surface area contributed by atoms with Gasteiger partial charge in [-0.3, -0.25) is 0 Å². The van der Waals surface area contributed by atoms with Gasteiger partial charge in [-0.05, 0) is 17.7 Å². The number of aliphatic hydroxyl groups excluding tert-OH is 1. The number of carbonyl (C=O) groups is 1. The van der Waals surface area contributed by atoms with Crippen LogP contribution in [0.2, 0.25) is 4.34 Å². The van der Waals surface area contributed by atoms with E-state index in [9.17, 15) is 9.90 Å². The second kappa shape index (κ2) is 7.28. The largest absolute Gasteiger partial charge is 0.387 e. The monoisotopic (exact) mass is 310 g/mol. The fourth-order valence-corrected chi connectivity index (χ4v) is 2.69. The first-order valence-corrected chi connectivity index (χ1v) is 7.33. The van der Waals surface area contributed by atoms with E-state index in [4.69, 9.17) is 11.6 Å². The third-order valence-corrected chi connectivity index (χ3v) is 3.92. The van der Waals surface area contributed by atoms with Gasteiger partial charge in [-0.25, -0.2) is 4.79 Å². The van der Waals surface area contributed by atoms with Crippen molar-refractivity contribution in [3.63, 3.8) is 0 Å². The standard InChI is InChI=1S/C14H15ClN2O2S/c15-13-7-6-11(20-13)8-16-14(19)17-9-12(18)10-4-2-1-3-5-10/h1-7,12,18H,8-9H2,(H2,16,17,19)/t12-/m1/s1. The van der Waals surface area contributed by atoms with Gasteiger partial charge in [0.15, 0.2) is 0 Å². The van der Waals surface area contributed by atoms with Gasteiger partial charge in [-0.1, -0.05) is 41.9 Å². The lowest BCUT2D eigenvalue weighted by atomic mass is 10.1. The lowest BCUT2D eigenvalue weighted by Crippen LogP contribution is -2.37. The van der Waals surface area contributed by atoms with Gasteiger partial charge in [0.2, 0.25) is 0 Å². The Morgan fingerprint density at radius 3 is 2.60 bits per heavy atom. The summed E-state index contributed by atoms with van der Waals surface area (Å²) in [5.41, 5.74) is 0.776. The topological polar surface area (TPSA) is 61.4 Å². The molecule has 1 aromatic heterocycles. The Labute approximate surface area is 126 Å². The van der Waals surface area contributed by atoms with Crippen molar-refractivity contribution in [1.29, 1.82) is 0 Å². The summed E-state index contributed by atoms with van der Waals surface area (Å²) in [7, 11) is 0. The number of rotatable bonds is 5. The highest BCUT2D eigenvalue weighted by Crippen LogP contribution is 2.20. The number of amides is 2. The van der Waals surface area contributed by atoms with Gasteiger partial charge in [0, 0.05) is 11.4 Å². The van der Waals surface area contributed by atoms with E-state index in [1.54, 1.807) is 6.07 Å². The number of thiophene rings is 1. The highest BCUT2D eigenvalue weighted by molar-refractivity contribution is 7.16. The van der Waals surface area contributed by atoms with Crippen LogP contribution in [0.1, 0.15) is 16.5 Å². The van der Waals surface area contributed by atoms with E-state index in [1.165, 1.54) is 11.3 Å². The SMILES string of the molecule is O=C(NCc1ccc(Cl)s1)NC[C@@H](O)c1ccccc1. The minimum Gasteiger partial charge on any atom is -0.387 e. The van der Waals surface area contributed by atoms with Crippen LogP contribution in [0.3, 0.4) is 0 Å².